The first-order chi connectivity index (χ1) is 6.96. The van der Waals surface area contributed by atoms with Gasteiger partial charge in [-0.1, -0.05) is 23.7 Å². The number of alkyl halides is 3. The fourth-order valence-electron chi connectivity index (χ4n) is 1.04. The topological polar surface area (TPSA) is 29.4 Å². The predicted octanol–water partition coefficient (Wildman–Crippen LogP) is 3.19. The zero-order chi connectivity index (χ0) is 11.5. The number of halogens is 4. The van der Waals surface area contributed by atoms with Gasteiger partial charge in [-0.2, -0.15) is 13.2 Å². The van der Waals surface area contributed by atoms with Crippen LogP contribution in [0.1, 0.15) is 11.1 Å². The first kappa shape index (κ1) is 11.8. The Kier molecular flexibility index (Phi) is 3.50. The summed E-state index contributed by atoms with van der Waals surface area (Å²) in [4.78, 5) is 13.0. The van der Waals surface area contributed by atoms with E-state index in [1.165, 1.54) is 18.2 Å². The number of isocyanates is 1. The van der Waals surface area contributed by atoms with Crippen molar-refractivity contribution in [3.63, 3.8) is 0 Å². The lowest BCUT2D eigenvalue weighted by molar-refractivity contribution is -0.137. The number of carbonyl (C=O) groups excluding carboxylic acids is 1. The molecule has 0 heterocycles. The molecule has 2 nitrogen and oxygen atoms in total. The Morgan fingerprint density at radius 3 is 2.60 bits per heavy atom. The highest BCUT2D eigenvalue weighted by molar-refractivity contribution is 6.32. The number of aliphatic imine (C=N–C) groups is 1. The predicted molar refractivity (Wildman–Crippen MR) is 48.3 cm³/mol. The molecule has 0 atom stereocenters. The van der Waals surface area contributed by atoms with Crippen molar-refractivity contribution in [1.82, 2.24) is 0 Å². The van der Waals surface area contributed by atoms with Crippen LogP contribution in [-0.4, -0.2) is 6.08 Å². The summed E-state index contributed by atoms with van der Waals surface area (Å²) in [5.74, 6) is 0. The van der Waals surface area contributed by atoms with E-state index in [2.05, 4.69) is 4.99 Å². The third-order valence-electron chi connectivity index (χ3n) is 1.70. The molecule has 0 fully saturated rings. The molecule has 80 valence electrons. The summed E-state index contributed by atoms with van der Waals surface area (Å²) in [6, 6.07) is 3.46. The zero-order valence-corrected chi connectivity index (χ0v) is 8.06. The number of nitrogens with zero attached hydrogens (tertiary/aromatic N) is 1. The molecule has 0 saturated heterocycles. The molecule has 0 aliphatic rings. The minimum absolute atomic E-state index is 0.148. The normalized spacial score (nSPS) is 10.9. The molecule has 0 spiro atoms. The summed E-state index contributed by atoms with van der Waals surface area (Å²) in [6.07, 6.45) is -3.27. The van der Waals surface area contributed by atoms with Crippen LogP contribution < -0.4 is 0 Å². The SMILES string of the molecule is O=C=NCc1cccc(C(F)(F)F)c1Cl. The van der Waals surface area contributed by atoms with Gasteiger partial charge in [0.25, 0.3) is 0 Å². The lowest BCUT2D eigenvalue weighted by atomic mass is 10.1. The number of hydrogen-bond acceptors (Lipinski definition) is 2. The standard InChI is InChI=1S/C9H5ClF3NO/c10-8-6(4-14-5-15)2-1-3-7(8)9(11,12)13/h1-3H,4H2. The third kappa shape index (κ3) is 2.81. The highest BCUT2D eigenvalue weighted by atomic mass is 35.5. The van der Waals surface area contributed by atoms with Crippen molar-refractivity contribution in [2.24, 2.45) is 4.99 Å². The van der Waals surface area contributed by atoms with Gasteiger partial charge in [-0.15, -0.1) is 0 Å². The minimum Gasteiger partial charge on any atom is -0.211 e. The molecule has 0 unspecified atom stereocenters. The lowest BCUT2D eigenvalue weighted by Crippen LogP contribution is -2.06. The smallest absolute Gasteiger partial charge is 0.211 e. The van der Waals surface area contributed by atoms with Crippen molar-refractivity contribution >= 4 is 17.7 Å². The summed E-state index contributed by atoms with van der Waals surface area (Å²) in [6.45, 7) is -0.202. The quantitative estimate of drug-likeness (QED) is 0.572. The summed E-state index contributed by atoms with van der Waals surface area (Å²) in [5, 5.41) is -0.427. The Bertz CT molecular complexity index is 410. The molecule has 1 rings (SSSR count). The van der Waals surface area contributed by atoms with Crippen LogP contribution in [0, 0.1) is 0 Å². The van der Waals surface area contributed by atoms with Crippen molar-refractivity contribution in [1.29, 1.82) is 0 Å². The van der Waals surface area contributed by atoms with E-state index in [1.54, 1.807) is 0 Å². The average Bonchev–Trinajstić information content (AvgIpc) is 2.14. The maximum atomic E-state index is 12.4. The third-order valence-corrected chi connectivity index (χ3v) is 2.14. The van der Waals surface area contributed by atoms with Gasteiger partial charge in [0.15, 0.2) is 0 Å². The summed E-state index contributed by atoms with van der Waals surface area (Å²) in [5.41, 5.74) is -0.780. The summed E-state index contributed by atoms with van der Waals surface area (Å²) < 4.78 is 37.1. The second kappa shape index (κ2) is 4.47. The molecule has 1 aromatic carbocycles. The minimum atomic E-state index is -4.50. The van der Waals surface area contributed by atoms with E-state index in [4.69, 9.17) is 11.6 Å². The largest absolute Gasteiger partial charge is 0.417 e. The van der Waals surface area contributed by atoms with Gasteiger partial charge < -0.3 is 0 Å². The van der Waals surface area contributed by atoms with Gasteiger partial charge in [-0.3, -0.25) is 0 Å². The van der Waals surface area contributed by atoms with Gasteiger partial charge in [-0.05, 0) is 11.6 Å². The Morgan fingerprint density at radius 2 is 2.07 bits per heavy atom. The summed E-state index contributed by atoms with van der Waals surface area (Å²) >= 11 is 5.52. The second-order valence-electron chi connectivity index (χ2n) is 2.68. The molecule has 0 aromatic heterocycles. The number of rotatable bonds is 2. The van der Waals surface area contributed by atoms with E-state index in [0.717, 1.165) is 6.07 Å². The van der Waals surface area contributed by atoms with Crippen LogP contribution in [0.4, 0.5) is 13.2 Å². The molecular weight excluding hydrogens is 231 g/mol. The van der Waals surface area contributed by atoms with Gasteiger partial charge in [0.05, 0.1) is 17.1 Å². The maximum Gasteiger partial charge on any atom is 0.417 e. The van der Waals surface area contributed by atoms with Gasteiger partial charge >= 0.3 is 6.18 Å². The molecule has 0 amide bonds. The molecule has 0 aliphatic carbocycles. The van der Waals surface area contributed by atoms with E-state index < -0.39 is 16.8 Å². The van der Waals surface area contributed by atoms with E-state index in [0.29, 0.717) is 0 Å². The Labute approximate surface area is 88.4 Å². The molecule has 15 heavy (non-hydrogen) atoms. The van der Waals surface area contributed by atoms with Crippen LogP contribution in [0.3, 0.4) is 0 Å². The van der Waals surface area contributed by atoms with E-state index in [9.17, 15) is 18.0 Å². The number of benzene rings is 1. The van der Waals surface area contributed by atoms with Crippen molar-refractivity contribution in [2.75, 3.05) is 0 Å². The molecule has 1 aromatic rings. The van der Waals surface area contributed by atoms with Crippen LogP contribution in [-0.2, 0) is 17.5 Å². The van der Waals surface area contributed by atoms with Crippen molar-refractivity contribution in [2.45, 2.75) is 12.7 Å². The second-order valence-corrected chi connectivity index (χ2v) is 3.06. The van der Waals surface area contributed by atoms with Crippen LogP contribution in [0.25, 0.3) is 0 Å². The van der Waals surface area contributed by atoms with E-state index in [-0.39, 0.29) is 12.1 Å². The molecule has 0 aliphatic heterocycles. The van der Waals surface area contributed by atoms with Gasteiger partial charge in [0.2, 0.25) is 6.08 Å². The van der Waals surface area contributed by atoms with Gasteiger partial charge in [0, 0.05) is 0 Å². The lowest BCUT2D eigenvalue weighted by Gasteiger charge is -2.10. The Balaban J connectivity index is 3.17. The molecule has 0 bridgehead atoms. The average molecular weight is 236 g/mol. The van der Waals surface area contributed by atoms with Gasteiger partial charge in [-0.25, -0.2) is 9.79 Å². The first-order valence-electron chi connectivity index (χ1n) is 3.85. The zero-order valence-electron chi connectivity index (χ0n) is 7.31. The van der Waals surface area contributed by atoms with E-state index in [1.807, 2.05) is 0 Å². The van der Waals surface area contributed by atoms with Gasteiger partial charge in [0.1, 0.15) is 0 Å². The fourth-order valence-corrected chi connectivity index (χ4v) is 1.33. The van der Waals surface area contributed by atoms with Crippen LogP contribution >= 0.6 is 11.6 Å². The molecular formula is C9H5ClF3NO. The summed E-state index contributed by atoms with van der Waals surface area (Å²) in [7, 11) is 0. The fraction of sp³-hybridized carbons (Fsp3) is 0.222. The Hall–Kier alpha value is -1.32. The maximum absolute atomic E-state index is 12.4. The van der Waals surface area contributed by atoms with Crippen molar-refractivity contribution in [3.05, 3.63) is 34.3 Å². The van der Waals surface area contributed by atoms with Crippen LogP contribution in [0.15, 0.2) is 23.2 Å². The van der Waals surface area contributed by atoms with E-state index >= 15 is 0 Å². The van der Waals surface area contributed by atoms with Crippen LogP contribution in [0.2, 0.25) is 5.02 Å². The molecule has 6 heteroatoms. The molecule has 0 saturated carbocycles. The van der Waals surface area contributed by atoms with Crippen molar-refractivity contribution < 1.29 is 18.0 Å². The molecule has 0 radical (unpaired) electrons. The number of hydrogen-bond donors (Lipinski definition) is 0. The highest BCUT2D eigenvalue weighted by Crippen LogP contribution is 2.36. The Morgan fingerprint density at radius 1 is 1.40 bits per heavy atom. The monoisotopic (exact) mass is 235 g/mol. The van der Waals surface area contributed by atoms with Crippen molar-refractivity contribution in [3.8, 4) is 0 Å². The van der Waals surface area contributed by atoms with Crippen LogP contribution in [0.5, 0.6) is 0 Å². The first-order valence-corrected chi connectivity index (χ1v) is 4.23. The highest BCUT2D eigenvalue weighted by Gasteiger charge is 2.33. The molecule has 0 N–H and O–H groups in total.